The molecule has 11 heavy (non-hydrogen) atoms. The van der Waals surface area contributed by atoms with E-state index >= 15 is 0 Å². The zero-order chi connectivity index (χ0) is 8.91. The van der Waals surface area contributed by atoms with Gasteiger partial charge in [0.15, 0.2) is 0 Å². The lowest BCUT2D eigenvalue weighted by Gasteiger charge is -2.16. The van der Waals surface area contributed by atoms with Crippen LogP contribution in [0.25, 0.3) is 0 Å². The van der Waals surface area contributed by atoms with Gasteiger partial charge in [0.1, 0.15) is 0 Å². The summed E-state index contributed by atoms with van der Waals surface area (Å²) in [4.78, 5) is 4.19. The van der Waals surface area contributed by atoms with Crippen LogP contribution in [0.15, 0.2) is 16.6 Å². The second-order valence-corrected chi connectivity index (χ2v) is 4.20. The van der Waals surface area contributed by atoms with Gasteiger partial charge in [0.25, 0.3) is 0 Å². The molecule has 0 bridgehead atoms. The highest BCUT2D eigenvalue weighted by Gasteiger charge is 2.10. The smallest absolute Gasteiger partial charge is 0.0327 e. The van der Waals surface area contributed by atoms with Gasteiger partial charge in [-0.25, -0.2) is 0 Å². The van der Waals surface area contributed by atoms with Crippen LogP contribution in [0.4, 0.5) is 0 Å². The Labute approximate surface area is 75.0 Å². The van der Waals surface area contributed by atoms with E-state index in [2.05, 4.69) is 38.4 Å². The first-order valence-electron chi connectivity index (χ1n) is 3.78. The largest absolute Gasteiger partial charge is 0.265 e. The number of hydrogen-bond donors (Lipinski definition) is 1. The van der Waals surface area contributed by atoms with Crippen LogP contribution in [0, 0.1) is 5.41 Å². The van der Waals surface area contributed by atoms with Crippen LogP contribution in [0.5, 0.6) is 0 Å². The summed E-state index contributed by atoms with van der Waals surface area (Å²) < 4.78 is 0. The van der Waals surface area contributed by atoms with Crippen LogP contribution in [0.3, 0.4) is 0 Å². The van der Waals surface area contributed by atoms with Crippen molar-refractivity contribution in [3.8, 4) is 0 Å². The molecule has 0 aromatic heterocycles. The van der Waals surface area contributed by atoms with Crippen LogP contribution >= 0.6 is 12.6 Å². The minimum absolute atomic E-state index is 0.331. The zero-order valence-electron chi connectivity index (χ0n) is 7.76. The average Bonchev–Trinajstić information content (AvgIpc) is 1.79. The van der Waals surface area contributed by atoms with E-state index in [9.17, 15) is 0 Å². The fourth-order valence-corrected chi connectivity index (χ4v) is 1.04. The van der Waals surface area contributed by atoms with Crippen molar-refractivity contribution < 1.29 is 0 Å². The minimum atomic E-state index is 0.331. The molecule has 0 N–H and O–H groups in total. The molecular formula is C9H17NS. The summed E-state index contributed by atoms with van der Waals surface area (Å²) in [6, 6.07) is 0. The Kier molecular flexibility index (Phi) is 4.50. The summed E-state index contributed by atoms with van der Waals surface area (Å²) in [6.45, 7) is 8.66. The lowest BCUT2D eigenvalue weighted by Crippen LogP contribution is -2.09. The molecule has 0 aliphatic rings. The van der Waals surface area contributed by atoms with Crippen molar-refractivity contribution in [2.24, 2.45) is 10.4 Å². The number of aliphatic imine (C=N–C) groups is 1. The number of rotatable bonds is 2. The third-order valence-electron chi connectivity index (χ3n) is 1.15. The Morgan fingerprint density at radius 1 is 1.45 bits per heavy atom. The monoisotopic (exact) mass is 171 g/mol. The van der Waals surface area contributed by atoms with Gasteiger partial charge in [-0.3, -0.25) is 4.99 Å². The third-order valence-corrected chi connectivity index (χ3v) is 1.28. The van der Waals surface area contributed by atoms with Crippen molar-refractivity contribution in [3.05, 3.63) is 11.6 Å². The topological polar surface area (TPSA) is 12.4 Å². The Morgan fingerprint density at radius 2 is 2.00 bits per heavy atom. The maximum atomic E-state index is 4.19. The highest BCUT2D eigenvalue weighted by Crippen LogP contribution is 2.18. The molecule has 0 saturated carbocycles. The first-order chi connectivity index (χ1) is 4.95. The SMILES string of the molecule is C/C(CC(C)(C)C)=N\C=C/S. The molecule has 0 unspecified atom stereocenters. The van der Waals surface area contributed by atoms with E-state index in [1.165, 1.54) is 0 Å². The molecule has 64 valence electrons. The summed E-state index contributed by atoms with van der Waals surface area (Å²) in [5.41, 5.74) is 1.49. The van der Waals surface area contributed by atoms with E-state index in [1.54, 1.807) is 11.6 Å². The molecule has 0 aliphatic carbocycles. The summed E-state index contributed by atoms with van der Waals surface area (Å²) in [6.07, 6.45) is 2.75. The Balaban J connectivity index is 3.96. The fraction of sp³-hybridized carbons (Fsp3) is 0.667. The van der Waals surface area contributed by atoms with Crippen molar-refractivity contribution in [1.82, 2.24) is 0 Å². The van der Waals surface area contributed by atoms with Crippen LogP contribution in [0.2, 0.25) is 0 Å². The van der Waals surface area contributed by atoms with Crippen molar-refractivity contribution in [2.45, 2.75) is 34.1 Å². The minimum Gasteiger partial charge on any atom is -0.265 e. The maximum Gasteiger partial charge on any atom is 0.0327 e. The molecule has 2 heteroatoms. The lowest BCUT2D eigenvalue weighted by atomic mass is 9.90. The zero-order valence-corrected chi connectivity index (χ0v) is 8.65. The quantitative estimate of drug-likeness (QED) is 0.483. The molecule has 0 radical (unpaired) electrons. The van der Waals surface area contributed by atoms with E-state index in [0.29, 0.717) is 5.41 Å². The summed E-state index contributed by atoms with van der Waals surface area (Å²) in [7, 11) is 0. The molecule has 0 atom stereocenters. The highest BCUT2D eigenvalue weighted by atomic mass is 32.1. The Bertz CT molecular complexity index is 163. The summed E-state index contributed by atoms with van der Waals surface area (Å²) in [5.74, 6) is 0. The van der Waals surface area contributed by atoms with Gasteiger partial charge in [0, 0.05) is 11.9 Å². The van der Waals surface area contributed by atoms with E-state index in [0.717, 1.165) is 12.1 Å². The van der Waals surface area contributed by atoms with E-state index in [1.807, 2.05) is 6.92 Å². The molecule has 0 amide bonds. The Hall–Kier alpha value is -0.240. The van der Waals surface area contributed by atoms with E-state index in [-0.39, 0.29) is 0 Å². The van der Waals surface area contributed by atoms with Gasteiger partial charge in [0.05, 0.1) is 0 Å². The average molecular weight is 171 g/mol. The van der Waals surface area contributed by atoms with Gasteiger partial charge in [-0.05, 0) is 24.2 Å². The molecular weight excluding hydrogens is 154 g/mol. The molecule has 0 aromatic rings. The number of nitrogens with zero attached hydrogens (tertiary/aromatic N) is 1. The molecule has 0 heterocycles. The standard InChI is InChI=1S/C9H17NS/c1-8(10-5-6-11)7-9(2,3)4/h5-6,11H,7H2,1-4H3/b6-5-,10-8+. The second kappa shape index (κ2) is 4.60. The predicted molar refractivity (Wildman–Crippen MR) is 55.3 cm³/mol. The van der Waals surface area contributed by atoms with Crippen molar-refractivity contribution in [2.75, 3.05) is 0 Å². The maximum absolute atomic E-state index is 4.19. The van der Waals surface area contributed by atoms with Crippen LogP contribution < -0.4 is 0 Å². The van der Waals surface area contributed by atoms with Gasteiger partial charge in [-0.15, -0.1) is 12.6 Å². The normalized spacial score (nSPS) is 14.5. The summed E-state index contributed by atoms with van der Waals surface area (Å²) in [5, 5.41) is 1.64. The van der Waals surface area contributed by atoms with Gasteiger partial charge < -0.3 is 0 Å². The molecule has 0 aliphatic heterocycles. The highest BCUT2D eigenvalue weighted by molar-refractivity contribution is 7.83. The molecule has 0 saturated heterocycles. The fourth-order valence-electron chi connectivity index (χ4n) is 0.974. The van der Waals surface area contributed by atoms with Gasteiger partial charge in [-0.1, -0.05) is 20.8 Å². The van der Waals surface area contributed by atoms with Crippen LogP contribution in [0.1, 0.15) is 34.1 Å². The van der Waals surface area contributed by atoms with Crippen molar-refractivity contribution in [1.29, 1.82) is 0 Å². The molecule has 0 spiro atoms. The molecule has 0 fully saturated rings. The Morgan fingerprint density at radius 3 is 2.36 bits per heavy atom. The van der Waals surface area contributed by atoms with E-state index in [4.69, 9.17) is 0 Å². The number of hydrogen-bond acceptors (Lipinski definition) is 2. The second-order valence-electron chi connectivity index (χ2n) is 3.90. The number of thiol groups is 1. The van der Waals surface area contributed by atoms with Crippen molar-refractivity contribution >= 4 is 18.3 Å². The van der Waals surface area contributed by atoms with Gasteiger partial charge in [0.2, 0.25) is 0 Å². The van der Waals surface area contributed by atoms with Gasteiger partial charge in [-0.2, -0.15) is 0 Å². The predicted octanol–water partition coefficient (Wildman–Crippen LogP) is 3.28. The van der Waals surface area contributed by atoms with Gasteiger partial charge >= 0.3 is 0 Å². The lowest BCUT2D eigenvalue weighted by molar-refractivity contribution is 0.433. The first-order valence-corrected chi connectivity index (χ1v) is 4.30. The summed E-state index contributed by atoms with van der Waals surface area (Å²) >= 11 is 3.92. The first kappa shape index (κ1) is 10.8. The van der Waals surface area contributed by atoms with Crippen LogP contribution in [-0.4, -0.2) is 5.71 Å². The van der Waals surface area contributed by atoms with Crippen molar-refractivity contribution in [3.63, 3.8) is 0 Å². The molecule has 1 nitrogen and oxygen atoms in total. The molecule has 0 aromatic carbocycles. The van der Waals surface area contributed by atoms with Crippen LogP contribution in [-0.2, 0) is 0 Å². The van der Waals surface area contributed by atoms with E-state index < -0.39 is 0 Å². The third kappa shape index (κ3) is 7.66. The molecule has 0 rings (SSSR count).